The number of rotatable bonds is 5. The molecule has 5 aromatic rings. The fraction of sp³-hybridized carbons (Fsp3) is 0.0870. The van der Waals surface area contributed by atoms with Crippen LogP contribution in [0.5, 0.6) is 0 Å². The Morgan fingerprint density at radius 2 is 1.88 bits per heavy atom. The molecule has 0 fully saturated rings. The SMILES string of the molecule is O=C(CCS)n1cc2nc(-c3cc(-c4ccccc4F)c(F)cn3)n(-c3ccncn3)c2c1. The Balaban J connectivity index is 1.72. The lowest BCUT2D eigenvalue weighted by Gasteiger charge is -2.10. The molecule has 0 spiro atoms. The number of carbonyl (C=O) groups excluding carboxylic acids is 1. The van der Waals surface area contributed by atoms with Crippen molar-refractivity contribution in [3.8, 4) is 28.5 Å². The van der Waals surface area contributed by atoms with Crippen molar-refractivity contribution in [2.45, 2.75) is 6.42 Å². The van der Waals surface area contributed by atoms with Crippen molar-refractivity contribution in [2.75, 3.05) is 5.75 Å². The van der Waals surface area contributed by atoms with Crippen molar-refractivity contribution in [1.82, 2.24) is 29.1 Å². The van der Waals surface area contributed by atoms with Crippen molar-refractivity contribution in [2.24, 2.45) is 0 Å². The van der Waals surface area contributed by atoms with Gasteiger partial charge >= 0.3 is 0 Å². The van der Waals surface area contributed by atoms with Crippen molar-refractivity contribution < 1.29 is 13.6 Å². The average molecular weight is 462 g/mol. The van der Waals surface area contributed by atoms with E-state index in [9.17, 15) is 13.6 Å². The number of hydrogen-bond acceptors (Lipinski definition) is 6. The molecule has 0 atom stereocenters. The van der Waals surface area contributed by atoms with Crippen LogP contribution in [0.3, 0.4) is 0 Å². The third kappa shape index (κ3) is 3.78. The minimum atomic E-state index is -0.654. The van der Waals surface area contributed by atoms with Crippen LogP contribution in [0, 0.1) is 11.6 Å². The monoisotopic (exact) mass is 462 g/mol. The Bertz CT molecular complexity index is 1480. The van der Waals surface area contributed by atoms with Crippen LogP contribution in [-0.2, 0) is 0 Å². The summed E-state index contributed by atoms with van der Waals surface area (Å²) in [5.41, 5.74) is 1.63. The summed E-state index contributed by atoms with van der Waals surface area (Å²) >= 11 is 4.12. The molecule has 0 aliphatic carbocycles. The zero-order chi connectivity index (χ0) is 22.9. The van der Waals surface area contributed by atoms with Crippen LogP contribution < -0.4 is 0 Å². The molecule has 0 unspecified atom stereocenters. The van der Waals surface area contributed by atoms with Gasteiger partial charge in [-0.05, 0) is 24.0 Å². The van der Waals surface area contributed by atoms with Crippen LogP contribution in [0.2, 0.25) is 0 Å². The number of fused-ring (bicyclic) bond motifs is 1. The molecular weight excluding hydrogens is 446 g/mol. The largest absolute Gasteiger partial charge is 0.290 e. The number of aromatic nitrogens is 6. The first-order valence-electron chi connectivity index (χ1n) is 9.98. The maximum Gasteiger partial charge on any atom is 0.231 e. The normalized spacial score (nSPS) is 11.2. The third-order valence-electron chi connectivity index (χ3n) is 5.12. The number of pyridine rings is 1. The lowest BCUT2D eigenvalue weighted by atomic mass is 10.0. The lowest BCUT2D eigenvalue weighted by molar-refractivity contribution is 0.0911. The molecule has 1 aromatic carbocycles. The molecule has 7 nitrogen and oxygen atoms in total. The van der Waals surface area contributed by atoms with E-state index in [4.69, 9.17) is 0 Å². The van der Waals surface area contributed by atoms with Crippen molar-refractivity contribution in [3.05, 3.63) is 79.1 Å². The Kier molecular flexibility index (Phi) is 5.43. The number of carbonyl (C=O) groups is 1. The van der Waals surface area contributed by atoms with Gasteiger partial charge < -0.3 is 0 Å². The van der Waals surface area contributed by atoms with E-state index in [0.717, 1.165) is 6.20 Å². The standard InChI is InChI=1S/C23H16F2N6OS/c24-16-4-2-1-3-14(16)15-9-18(27-10-17(15)25)23-29-19-11-30(22(32)6-8-33)12-20(19)31(23)21-5-7-26-13-28-21/h1-5,7,9-13,33H,6,8H2. The van der Waals surface area contributed by atoms with Crippen LogP contribution in [0.1, 0.15) is 11.2 Å². The number of benzene rings is 1. The van der Waals surface area contributed by atoms with Crippen LogP contribution in [0.15, 0.2) is 67.5 Å². The van der Waals surface area contributed by atoms with Crippen LogP contribution in [0.4, 0.5) is 8.78 Å². The molecule has 0 saturated heterocycles. The topological polar surface area (TPSA) is 78.5 Å². The van der Waals surface area contributed by atoms with E-state index in [1.807, 2.05) is 0 Å². The summed E-state index contributed by atoms with van der Waals surface area (Å²) in [4.78, 5) is 29.4. The molecular formula is C23H16F2N6OS. The molecule has 0 saturated carbocycles. The zero-order valence-corrected chi connectivity index (χ0v) is 18.0. The highest BCUT2D eigenvalue weighted by Crippen LogP contribution is 2.32. The molecule has 33 heavy (non-hydrogen) atoms. The quantitative estimate of drug-likeness (QED) is 0.387. The van der Waals surface area contributed by atoms with Crippen molar-refractivity contribution in [3.63, 3.8) is 0 Å². The maximum atomic E-state index is 14.6. The molecule has 0 N–H and O–H groups in total. The molecule has 0 radical (unpaired) electrons. The molecule has 10 heteroatoms. The van der Waals surface area contributed by atoms with Gasteiger partial charge in [0.2, 0.25) is 5.91 Å². The first-order valence-corrected chi connectivity index (χ1v) is 10.6. The van der Waals surface area contributed by atoms with E-state index >= 15 is 0 Å². The highest BCUT2D eigenvalue weighted by molar-refractivity contribution is 7.80. The van der Waals surface area contributed by atoms with E-state index in [1.54, 1.807) is 35.3 Å². The highest BCUT2D eigenvalue weighted by Gasteiger charge is 2.21. The molecule has 5 rings (SSSR count). The van der Waals surface area contributed by atoms with Gasteiger partial charge in [0.1, 0.15) is 35.0 Å². The van der Waals surface area contributed by atoms with E-state index in [2.05, 4.69) is 32.6 Å². The van der Waals surface area contributed by atoms with Crippen molar-refractivity contribution in [1.29, 1.82) is 0 Å². The number of hydrogen-bond donors (Lipinski definition) is 1. The molecule has 164 valence electrons. The second-order valence-corrected chi connectivity index (χ2v) is 7.62. The Hall–Kier alpha value is -3.92. The summed E-state index contributed by atoms with van der Waals surface area (Å²) in [5, 5.41) is 0. The van der Waals surface area contributed by atoms with Crippen LogP contribution in [-0.4, -0.2) is 40.7 Å². The first kappa shape index (κ1) is 21.0. The van der Waals surface area contributed by atoms with E-state index in [0.29, 0.717) is 34.1 Å². The van der Waals surface area contributed by atoms with Gasteiger partial charge in [0.25, 0.3) is 0 Å². The lowest BCUT2D eigenvalue weighted by Crippen LogP contribution is -2.09. The number of imidazole rings is 1. The predicted molar refractivity (Wildman–Crippen MR) is 122 cm³/mol. The van der Waals surface area contributed by atoms with E-state index < -0.39 is 11.6 Å². The van der Waals surface area contributed by atoms with Gasteiger partial charge in [-0.1, -0.05) is 18.2 Å². The Morgan fingerprint density at radius 1 is 1.03 bits per heavy atom. The van der Waals surface area contributed by atoms with Gasteiger partial charge in [-0.25, -0.2) is 28.7 Å². The summed E-state index contributed by atoms with van der Waals surface area (Å²) in [6.07, 6.45) is 7.54. The summed E-state index contributed by atoms with van der Waals surface area (Å²) in [7, 11) is 0. The van der Waals surface area contributed by atoms with Gasteiger partial charge in [-0.2, -0.15) is 12.6 Å². The third-order valence-corrected chi connectivity index (χ3v) is 5.35. The molecule has 0 amide bonds. The molecule has 0 bridgehead atoms. The fourth-order valence-electron chi connectivity index (χ4n) is 3.61. The Labute approximate surface area is 192 Å². The second kappa shape index (κ2) is 8.55. The second-order valence-electron chi connectivity index (χ2n) is 7.17. The van der Waals surface area contributed by atoms with Crippen molar-refractivity contribution >= 4 is 29.6 Å². The van der Waals surface area contributed by atoms with E-state index in [1.165, 1.54) is 35.2 Å². The first-order chi connectivity index (χ1) is 16.1. The van der Waals surface area contributed by atoms with Crippen LogP contribution >= 0.6 is 12.6 Å². The fourth-order valence-corrected chi connectivity index (χ4v) is 3.80. The van der Waals surface area contributed by atoms with Crippen LogP contribution in [0.25, 0.3) is 39.5 Å². The van der Waals surface area contributed by atoms with Gasteiger partial charge in [-0.15, -0.1) is 0 Å². The number of halogens is 2. The number of nitrogens with zero attached hydrogens (tertiary/aromatic N) is 6. The molecule has 0 aliphatic heterocycles. The molecule has 4 heterocycles. The highest BCUT2D eigenvalue weighted by atomic mass is 32.1. The Morgan fingerprint density at radius 3 is 2.64 bits per heavy atom. The van der Waals surface area contributed by atoms with E-state index in [-0.39, 0.29) is 23.5 Å². The summed E-state index contributed by atoms with van der Waals surface area (Å²) in [6.45, 7) is 0. The number of thiol groups is 1. The predicted octanol–water partition coefficient (Wildman–Crippen LogP) is 4.58. The van der Waals surface area contributed by atoms with Gasteiger partial charge in [0.05, 0.1) is 11.7 Å². The smallest absolute Gasteiger partial charge is 0.231 e. The van der Waals surface area contributed by atoms with Gasteiger partial charge in [-0.3, -0.25) is 13.9 Å². The molecule has 0 aliphatic rings. The van der Waals surface area contributed by atoms with Gasteiger partial charge in [0.15, 0.2) is 5.82 Å². The summed E-state index contributed by atoms with van der Waals surface area (Å²) < 4.78 is 32.1. The maximum absolute atomic E-state index is 14.6. The summed E-state index contributed by atoms with van der Waals surface area (Å²) in [6, 6.07) is 9.07. The molecule has 4 aromatic heterocycles. The van der Waals surface area contributed by atoms with Gasteiger partial charge in [0, 0.05) is 36.1 Å². The average Bonchev–Trinajstić information content (AvgIpc) is 3.39. The zero-order valence-electron chi connectivity index (χ0n) is 17.1. The minimum absolute atomic E-state index is 0.0639. The summed E-state index contributed by atoms with van der Waals surface area (Å²) in [5.74, 6) is -0.0519. The minimum Gasteiger partial charge on any atom is -0.290 e.